The summed E-state index contributed by atoms with van der Waals surface area (Å²) in [5.41, 5.74) is 12.6. The Morgan fingerprint density at radius 2 is 1.68 bits per heavy atom. The maximum atomic E-state index is 12.2. The van der Waals surface area contributed by atoms with Crippen molar-refractivity contribution in [1.29, 1.82) is 0 Å². The second kappa shape index (κ2) is 7.73. The highest BCUT2D eigenvalue weighted by Gasteiger charge is 2.17. The molecule has 2 aromatic rings. The van der Waals surface area contributed by atoms with Crippen LogP contribution in [0, 0.1) is 6.92 Å². The van der Waals surface area contributed by atoms with Crippen LogP contribution in [0.3, 0.4) is 0 Å². The number of anilines is 3. The van der Waals surface area contributed by atoms with Crippen LogP contribution < -0.4 is 16.2 Å². The third-order valence-corrected chi connectivity index (χ3v) is 4.24. The maximum Gasteiger partial charge on any atom is 0.261 e. The van der Waals surface area contributed by atoms with Gasteiger partial charge in [-0.15, -0.1) is 24.8 Å². The van der Waals surface area contributed by atoms with Crippen molar-refractivity contribution in [2.45, 2.75) is 11.8 Å². The minimum atomic E-state index is -3.76. The number of aromatic nitrogens is 1. The number of pyridine rings is 1. The Labute approximate surface area is 146 Å². The summed E-state index contributed by atoms with van der Waals surface area (Å²) in [6, 6.07) is 7.33. The highest BCUT2D eigenvalue weighted by molar-refractivity contribution is 7.92. The number of nitrogen functional groups attached to an aromatic ring is 2. The number of nitrogens with zero attached hydrogens (tertiary/aromatic N) is 1. The highest BCUT2D eigenvalue weighted by atomic mass is 35.5. The van der Waals surface area contributed by atoms with E-state index in [9.17, 15) is 8.42 Å². The fourth-order valence-electron chi connectivity index (χ4n) is 1.58. The molecule has 1 aromatic heterocycles. The molecule has 0 saturated heterocycles. The lowest BCUT2D eigenvalue weighted by Gasteiger charge is -2.12. The number of nitrogens with two attached hydrogens (primary N) is 2. The molecule has 6 nitrogen and oxygen atoms in total. The van der Waals surface area contributed by atoms with Gasteiger partial charge in [0.1, 0.15) is 0 Å². The molecule has 2 rings (SSSR count). The van der Waals surface area contributed by atoms with Crippen LogP contribution in [0.2, 0.25) is 5.15 Å². The molecule has 0 radical (unpaired) electrons. The molecule has 0 atom stereocenters. The highest BCUT2D eigenvalue weighted by Crippen LogP contribution is 2.28. The molecule has 0 aliphatic rings. The normalized spacial score (nSPS) is 10.3. The fourth-order valence-corrected chi connectivity index (χ4v) is 2.89. The number of nitrogens with one attached hydrogen (secondary N) is 1. The Hall–Kier alpha value is -1.41. The third-order valence-electron chi connectivity index (χ3n) is 2.57. The average Bonchev–Trinajstić information content (AvgIpc) is 2.35. The van der Waals surface area contributed by atoms with Crippen LogP contribution in [0.1, 0.15) is 5.69 Å². The van der Waals surface area contributed by atoms with Gasteiger partial charge in [0.15, 0.2) is 5.15 Å². The Bertz CT molecular complexity index is 752. The van der Waals surface area contributed by atoms with Gasteiger partial charge in [-0.25, -0.2) is 13.4 Å². The van der Waals surface area contributed by atoms with Gasteiger partial charge in [-0.05, 0) is 37.3 Å². The molecule has 0 aliphatic heterocycles. The first-order chi connectivity index (χ1) is 9.29. The summed E-state index contributed by atoms with van der Waals surface area (Å²) in [5.74, 6) is 0. The van der Waals surface area contributed by atoms with Crippen molar-refractivity contribution in [1.82, 2.24) is 4.98 Å². The van der Waals surface area contributed by atoms with Crippen molar-refractivity contribution in [2.24, 2.45) is 0 Å². The minimum absolute atomic E-state index is 0. The topological polar surface area (TPSA) is 111 Å². The summed E-state index contributed by atoms with van der Waals surface area (Å²) in [6.45, 7) is 1.69. The monoisotopic (exact) mass is 384 g/mol. The van der Waals surface area contributed by atoms with E-state index in [1.165, 1.54) is 30.3 Å². The van der Waals surface area contributed by atoms with Crippen molar-refractivity contribution in [3.63, 3.8) is 0 Å². The Morgan fingerprint density at radius 3 is 2.23 bits per heavy atom. The third kappa shape index (κ3) is 4.54. The zero-order valence-electron chi connectivity index (χ0n) is 11.4. The smallest absolute Gasteiger partial charge is 0.261 e. The predicted molar refractivity (Wildman–Crippen MR) is 94.6 cm³/mol. The van der Waals surface area contributed by atoms with Crippen LogP contribution in [0.25, 0.3) is 0 Å². The van der Waals surface area contributed by atoms with Crippen LogP contribution in [-0.2, 0) is 10.0 Å². The molecule has 10 heteroatoms. The van der Waals surface area contributed by atoms with Crippen molar-refractivity contribution in [3.8, 4) is 0 Å². The van der Waals surface area contributed by atoms with Crippen LogP contribution in [-0.4, -0.2) is 13.4 Å². The molecular formula is C12H15Cl3N4O2S. The molecule has 1 aromatic carbocycles. The zero-order chi connectivity index (χ0) is 14.9. The van der Waals surface area contributed by atoms with Crippen molar-refractivity contribution in [2.75, 3.05) is 16.2 Å². The molecule has 5 N–H and O–H groups in total. The van der Waals surface area contributed by atoms with Crippen LogP contribution in [0.15, 0.2) is 35.2 Å². The van der Waals surface area contributed by atoms with Crippen LogP contribution in [0.4, 0.5) is 17.1 Å². The van der Waals surface area contributed by atoms with E-state index < -0.39 is 10.0 Å². The van der Waals surface area contributed by atoms with Crippen LogP contribution in [0.5, 0.6) is 0 Å². The molecule has 22 heavy (non-hydrogen) atoms. The van der Waals surface area contributed by atoms with Crippen LogP contribution >= 0.6 is 36.4 Å². The molecule has 0 saturated carbocycles. The van der Waals surface area contributed by atoms with Crippen molar-refractivity contribution < 1.29 is 8.42 Å². The minimum Gasteiger partial charge on any atom is -0.399 e. The first kappa shape index (κ1) is 20.6. The number of sulfonamides is 1. The zero-order valence-corrected chi connectivity index (χ0v) is 14.6. The number of benzene rings is 1. The van der Waals surface area contributed by atoms with E-state index in [4.69, 9.17) is 23.1 Å². The van der Waals surface area contributed by atoms with E-state index in [2.05, 4.69) is 9.71 Å². The van der Waals surface area contributed by atoms with Gasteiger partial charge < -0.3 is 11.5 Å². The molecule has 0 unspecified atom stereocenters. The summed E-state index contributed by atoms with van der Waals surface area (Å²) in [5, 5.41) is 0.0556. The Morgan fingerprint density at radius 1 is 1.14 bits per heavy atom. The summed E-state index contributed by atoms with van der Waals surface area (Å²) >= 11 is 5.83. The van der Waals surface area contributed by atoms with Gasteiger partial charge in [0, 0.05) is 11.4 Å². The van der Waals surface area contributed by atoms with E-state index in [1.807, 2.05) is 0 Å². The first-order valence-corrected chi connectivity index (χ1v) is 7.46. The van der Waals surface area contributed by atoms with E-state index in [-0.39, 0.29) is 46.2 Å². The Balaban J connectivity index is 0.00000220. The van der Waals surface area contributed by atoms with E-state index in [1.54, 1.807) is 6.92 Å². The van der Waals surface area contributed by atoms with Crippen molar-refractivity contribution in [3.05, 3.63) is 41.2 Å². The average molecular weight is 386 g/mol. The van der Waals surface area contributed by atoms with Crippen molar-refractivity contribution >= 4 is 63.5 Å². The molecule has 1 heterocycles. The van der Waals surface area contributed by atoms with Gasteiger partial charge >= 0.3 is 0 Å². The second-order valence-corrected chi connectivity index (χ2v) is 6.23. The molecule has 0 bridgehead atoms. The number of hydrogen-bond acceptors (Lipinski definition) is 5. The van der Waals surface area contributed by atoms with E-state index in [0.717, 1.165) is 0 Å². The van der Waals surface area contributed by atoms with Gasteiger partial charge in [0.25, 0.3) is 10.0 Å². The number of hydrogen-bond donors (Lipinski definition) is 3. The fraction of sp³-hybridized carbons (Fsp3) is 0.0833. The standard InChI is InChI=1S/C12H13ClN4O2S.2ClH/c1-7-6-10(11(15)12(13)16-7)17-20(18,19)9-4-2-8(14)3-5-9;;/h2-6H,14-15H2,1H3,(H,16,17);2*1H. The molecule has 0 amide bonds. The van der Waals surface area contributed by atoms with Gasteiger partial charge in [-0.3, -0.25) is 4.72 Å². The lowest BCUT2D eigenvalue weighted by atomic mass is 10.3. The molecule has 0 spiro atoms. The largest absolute Gasteiger partial charge is 0.399 e. The lowest BCUT2D eigenvalue weighted by molar-refractivity contribution is 0.601. The quantitative estimate of drug-likeness (QED) is 0.555. The maximum absolute atomic E-state index is 12.2. The second-order valence-electron chi connectivity index (χ2n) is 4.19. The lowest BCUT2D eigenvalue weighted by Crippen LogP contribution is -2.14. The SMILES string of the molecule is Cc1cc(NS(=O)(=O)c2ccc(N)cc2)c(N)c(Cl)n1.Cl.Cl. The molecule has 0 fully saturated rings. The summed E-state index contributed by atoms with van der Waals surface area (Å²) in [7, 11) is -3.76. The van der Waals surface area contributed by atoms with Gasteiger partial charge in [0.05, 0.1) is 16.3 Å². The van der Waals surface area contributed by atoms with Gasteiger partial charge in [-0.1, -0.05) is 11.6 Å². The Kier molecular flexibility index (Phi) is 7.24. The number of aryl methyl sites for hydroxylation is 1. The summed E-state index contributed by atoms with van der Waals surface area (Å²) < 4.78 is 26.8. The first-order valence-electron chi connectivity index (χ1n) is 5.60. The van der Waals surface area contributed by atoms with Gasteiger partial charge in [0.2, 0.25) is 0 Å². The molecule has 0 aliphatic carbocycles. The number of rotatable bonds is 3. The van der Waals surface area contributed by atoms with E-state index in [0.29, 0.717) is 11.4 Å². The molecule has 122 valence electrons. The van der Waals surface area contributed by atoms with Gasteiger partial charge in [-0.2, -0.15) is 0 Å². The molecular weight excluding hydrogens is 371 g/mol. The summed E-state index contributed by atoms with van der Waals surface area (Å²) in [4.78, 5) is 4.02. The summed E-state index contributed by atoms with van der Waals surface area (Å²) in [6.07, 6.45) is 0. The van der Waals surface area contributed by atoms with E-state index >= 15 is 0 Å². The number of halogens is 3. The predicted octanol–water partition coefficient (Wildman–Crippen LogP) is 2.85.